The van der Waals surface area contributed by atoms with Gasteiger partial charge in [-0.05, 0) is 30.4 Å². The minimum absolute atomic E-state index is 0.0351. The number of rotatable bonds is 8. The molecule has 0 saturated heterocycles. The zero-order valence-electron chi connectivity index (χ0n) is 12.9. The number of nitrogens with two attached hydrogens (primary N) is 1. The van der Waals surface area contributed by atoms with E-state index in [-0.39, 0.29) is 18.5 Å². The van der Waals surface area contributed by atoms with Crippen LogP contribution in [0.25, 0.3) is 0 Å². The number of amides is 1. The Morgan fingerprint density at radius 1 is 0.955 bits per heavy atom. The Labute approximate surface area is 132 Å². The van der Waals surface area contributed by atoms with Crippen LogP contribution < -0.4 is 11.1 Å². The van der Waals surface area contributed by atoms with Crippen LogP contribution in [0, 0.1) is 0 Å². The first-order valence-electron chi connectivity index (χ1n) is 7.88. The fourth-order valence-corrected chi connectivity index (χ4v) is 2.58. The zero-order chi connectivity index (χ0) is 15.6. The average Bonchev–Trinajstić information content (AvgIpc) is 2.59. The second kappa shape index (κ2) is 9.00. The molecular formula is C19H24N2O. The summed E-state index contributed by atoms with van der Waals surface area (Å²) in [6.45, 7) is 0.0351. The summed E-state index contributed by atoms with van der Waals surface area (Å²) in [5, 5.41) is 3.02. The monoisotopic (exact) mass is 296 g/mol. The van der Waals surface area contributed by atoms with E-state index in [0.29, 0.717) is 0 Å². The highest BCUT2D eigenvalue weighted by atomic mass is 16.1. The van der Waals surface area contributed by atoms with E-state index in [1.807, 2.05) is 24.3 Å². The smallest absolute Gasteiger partial charge is 0.234 e. The quantitative estimate of drug-likeness (QED) is 0.735. The standard InChI is InChI=1S/C19H24N2O/c20-15-19(22)21-18(17-12-5-2-6-13-17)14-8-7-11-16-9-3-1-4-10-16/h1-6,9-10,12-13,18H,7-8,11,14-15,20H2,(H,21,22). The third-order valence-corrected chi connectivity index (χ3v) is 3.77. The van der Waals surface area contributed by atoms with Gasteiger partial charge in [0.05, 0.1) is 12.6 Å². The SMILES string of the molecule is NCC(=O)NC(CCCCc1ccccc1)c1ccccc1. The van der Waals surface area contributed by atoms with Gasteiger partial charge in [-0.25, -0.2) is 0 Å². The van der Waals surface area contributed by atoms with E-state index in [0.717, 1.165) is 31.2 Å². The summed E-state index contributed by atoms with van der Waals surface area (Å²) in [6, 6.07) is 20.6. The van der Waals surface area contributed by atoms with E-state index < -0.39 is 0 Å². The lowest BCUT2D eigenvalue weighted by Crippen LogP contribution is -2.33. The van der Waals surface area contributed by atoms with Crippen LogP contribution in [0.2, 0.25) is 0 Å². The van der Waals surface area contributed by atoms with Crippen LogP contribution in [0.1, 0.15) is 36.4 Å². The second-order valence-corrected chi connectivity index (χ2v) is 5.47. The van der Waals surface area contributed by atoms with Gasteiger partial charge in [0.2, 0.25) is 5.91 Å². The molecule has 3 nitrogen and oxygen atoms in total. The normalized spacial score (nSPS) is 11.9. The Balaban J connectivity index is 1.85. The fraction of sp³-hybridized carbons (Fsp3) is 0.316. The van der Waals surface area contributed by atoms with E-state index in [2.05, 4.69) is 41.7 Å². The van der Waals surface area contributed by atoms with Gasteiger partial charge in [-0.15, -0.1) is 0 Å². The number of aryl methyl sites for hydroxylation is 1. The van der Waals surface area contributed by atoms with Gasteiger partial charge in [0.1, 0.15) is 0 Å². The van der Waals surface area contributed by atoms with Crippen molar-refractivity contribution < 1.29 is 4.79 Å². The van der Waals surface area contributed by atoms with E-state index >= 15 is 0 Å². The molecule has 0 heterocycles. The highest BCUT2D eigenvalue weighted by Crippen LogP contribution is 2.20. The van der Waals surface area contributed by atoms with Crippen molar-refractivity contribution in [3.63, 3.8) is 0 Å². The molecular weight excluding hydrogens is 272 g/mol. The molecule has 0 aliphatic rings. The first-order chi connectivity index (χ1) is 10.8. The van der Waals surface area contributed by atoms with E-state index in [4.69, 9.17) is 5.73 Å². The van der Waals surface area contributed by atoms with Crippen LogP contribution in [-0.2, 0) is 11.2 Å². The molecule has 22 heavy (non-hydrogen) atoms. The maximum atomic E-state index is 11.6. The van der Waals surface area contributed by atoms with Crippen molar-refractivity contribution in [2.24, 2.45) is 5.73 Å². The first-order valence-corrected chi connectivity index (χ1v) is 7.88. The number of benzene rings is 2. The van der Waals surface area contributed by atoms with Crippen LogP contribution in [0.15, 0.2) is 60.7 Å². The predicted molar refractivity (Wildman–Crippen MR) is 90.4 cm³/mol. The van der Waals surface area contributed by atoms with Crippen molar-refractivity contribution in [3.05, 3.63) is 71.8 Å². The van der Waals surface area contributed by atoms with E-state index in [1.54, 1.807) is 0 Å². The summed E-state index contributed by atoms with van der Waals surface area (Å²) in [5.41, 5.74) is 7.93. The number of carbonyl (C=O) groups is 1. The van der Waals surface area contributed by atoms with Gasteiger partial charge in [-0.3, -0.25) is 4.79 Å². The molecule has 0 aliphatic heterocycles. The predicted octanol–water partition coefficient (Wildman–Crippen LogP) is 3.22. The highest BCUT2D eigenvalue weighted by Gasteiger charge is 2.13. The number of nitrogens with one attached hydrogen (secondary N) is 1. The lowest BCUT2D eigenvalue weighted by Gasteiger charge is -2.19. The third-order valence-electron chi connectivity index (χ3n) is 3.77. The summed E-state index contributed by atoms with van der Waals surface area (Å²) in [5.74, 6) is -0.100. The number of hydrogen-bond acceptors (Lipinski definition) is 2. The molecule has 0 aromatic heterocycles. The van der Waals surface area contributed by atoms with Crippen molar-refractivity contribution in [2.45, 2.75) is 31.7 Å². The van der Waals surface area contributed by atoms with Gasteiger partial charge in [0.15, 0.2) is 0 Å². The Morgan fingerprint density at radius 3 is 2.23 bits per heavy atom. The molecule has 3 N–H and O–H groups in total. The molecule has 116 valence electrons. The lowest BCUT2D eigenvalue weighted by molar-refractivity contribution is -0.120. The van der Waals surface area contributed by atoms with Crippen LogP contribution >= 0.6 is 0 Å². The molecule has 3 heteroatoms. The summed E-state index contributed by atoms with van der Waals surface area (Å²) >= 11 is 0. The van der Waals surface area contributed by atoms with Gasteiger partial charge in [0, 0.05) is 0 Å². The number of hydrogen-bond donors (Lipinski definition) is 2. The molecule has 1 unspecified atom stereocenters. The molecule has 0 bridgehead atoms. The Hall–Kier alpha value is -2.13. The Bertz CT molecular complexity index is 554. The summed E-state index contributed by atoms with van der Waals surface area (Å²) in [6.07, 6.45) is 4.20. The van der Waals surface area contributed by atoms with Crippen molar-refractivity contribution in [3.8, 4) is 0 Å². The maximum absolute atomic E-state index is 11.6. The average molecular weight is 296 g/mol. The molecule has 0 fully saturated rings. The minimum atomic E-state index is -0.100. The number of carbonyl (C=O) groups excluding carboxylic acids is 1. The molecule has 0 radical (unpaired) electrons. The van der Waals surface area contributed by atoms with Crippen molar-refractivity contribution >= 4 is 5.91 Å². The van der Waals surface area contributed by atoms with Gasteiger partial charge < -0.3 is 11.1 Å². The second-order valence-electron chi connectivity index (χ2n) is 5.47. The molecule has 2 rings (SSSR count). The van der Waals surface area contributed by atoms with Crippen molar-refractivity contribution in [1.82, 2.24) is 5.32 Å². The zero-order valence-corrected chi connectivity index (χ0v) is 12.9. The van der Waals surface area contributed by atoms with Crippen LogP contribution in [0.4, 0.5) is 0 Å². The maximum Gasteiger partial charge on any atom is 0.234 e. The van der Waals surface area contributed by atoms with Crippen LogP contribution in [0.5, 0.6) is 0 Å². The fourth-order valence-electron chi connectivity index (χ4n) is 2.58. The molecule has 0 saturated carbocycles. The van der Waals surface area contributed by atoms with Gasteiger partial charge in [-0.2, -0.15) is 0 Å². The molecule has 2 aromatic carbocycles. The lowest BCUT2D eigenvalue weighted by atomic mass is 9.99. The summed E-state index contributed by atoms with van der Waals surface area (Å²) < 4.78 is 0. The molecule has 1 atom stereocenters. The third kappa shape index (κ3) is 5.34. The van der Waals surface area contributed by atoms with Crippen LogP contribution in [0.3, 0.4) is 0 Å². The topological polar surface area (TPSA) is 55.1 Å². The largest absolute Gasteiger partial charge is 0.348 e. The minimum Gasteiger partial charge on any atom is -0.348 e. The highest BCUT2D eigenvalue weighted by molar-refractivity contribution is 5.78. The molecule has 2 aromatic rings. The van der Waals surface area contributed by atoms with Crippen LogP contribution in [-0.4, -0.2) is 12.5 Å². The van der Waals surface area contributed by atoms with Gasteiger partial charge in [0.25, 0.3) is 0 Å². The van der Waals surface area contributed by atoms with Gasteiger partial charge in [-0.1, -0.05) is 67.1 Å². The Kier molecular flexibility index (Phi) is 6.65. The molecule has 0 aliphatic carbocycles. The first kappa shape index (κ1) is 16.2. The Morgan fingerprint density at radius 2 is 1.59 bits per heavy atom. The van der Waals surface area contributed by atoms with E-state index in [1.165, 1.54) is 5.56 Å². The number of unbranched alkanes of at least 4 members (excludes halogenated alkanes) is 1. The van der Waals surface area contributed by atoms with E-state index in [9.17, 15) is 4.79 Å². The molecule has 0 spiro atoms. The van der Waals surface area contributed by atoms with Crippen molar-refractivity contribution in [2.75, 3.05) is 6.54 Å². The van der Waals surface area contributed by atoms with Gasteiger partial charge >= 0.3 is 0 Å². The van der Waals surface area contributed by atoms with Crippen molar-refractivity contribution in [1.29, 1.82) is 0 Å². The summed E-state index contributed by atoms with van der Waals surface area (Å²) in [7, 11) is 0. The molecule has 1 amide bonds. The summed E-state index contributed by atoms with van der Waals surface area (Å²) in [4.78, 5) is 11.6.